The molecule has 0 saturated carbocycles. The molecule has 0 aliphatic rings. The number of carbonyl (C=O) groups is 2. The van der Waals surface area contributed by atoms with E-state index >= 15 is 0 Å². The second-order valence-electron chi connectivity index (χ2n) is 8.81. The van der Waals surface area contributed by atoms with Crippen LogP contribution in [0.15, 0.2) is 88.7 Å². The van der Waals surface area contributed by atoms with Gasteiger partial charge in [-0.15, -0.1) is 21.5 Å². The van der Waals surface area contributed by atoms with Crippen molar-refractivity contribution in [3.8, 4) is 11.4 Å². The molecule has 198 valence electrons. The summed E-state index contributed by atoms with van der Waals surface area (Å²) >= 11 is 1.48. The van der Waals surface area contributed by atoms with Gasteiger partial charge in [0.05, 0.1) is 6.54 Å². The third-order valence-corrected chi connectivity index (χ3v) is 6.82. The minimum Gasteiger partial charge on any atom is -0.464 e. The van der Waals surface area contributed by atoms with Gasteiger partial charge in [-0.2, -0.15) is 4.80 Å². The molecule has 3 aromatic heterocycles. The van der Waals surface area contributed by atoms with Gasteiger partial charge in [0.1, 0.15) is 23.9 Å². The Bertz CT molecular complexity index is 1530. The predicted octanol–water partition coefficient (Wildman–Crippen LogP) is 4.53. The summed E-state index contributed by atoms with van der Waals surface area (Å²) in [5, 5.41) is 17.2. The van der Waals surface area contributed by atoms with Gasteiger partial charge in [0.15, 0.2) is 6.04 Å². The lowest BCUT2D eigenvalue weighted by atomic mass is 10.1. The minimum atomic E-state index is -1.03. The highest BCUT2D eigenvalue weighted by Crippen LogP contribution is 2.27. The number of amides is 2. The number of nitrogens with one attached hydrogen (secondary N) is 1. The Hall–Kier alpha value is -4.64. The van der Waals surface area contributed by atoms with Crippen molar-refractivity contribution >= 4 is 23.2 Å². The van der Waals surface area contributed by atoms with Gasteiger partial charge in [-0.3, -0.25) is 9.59 Å². The van der Waals surface area contributed by atoms with Crippen LogP contribution in [0.5, 0.6) is 0 Å². The number of carbonyl (C=O) groups excluding carboxylic acids is 2. The molecule has 0 spiro atoms. The van der Waals surface area contributed by atoms with Crippen LogP contribution in [0.3, 0.4) is 0 Å². The van der Waals surface area contributed by atoms with Gasteiger partial charge in [-0.05, 0) is 65.5 Å². The number of aryl methyl sites for hydroxylation is 1. The number of furan rings is 1. The Morgan fingerprint density at radius 1 is 1.05 bits per heavy atom. The van der Waals surface area contributed by atoms with Gasteiger partial charge in [0.2, 0.25) is 11.7 Å². The Kier molecular flexibility index (Phi) is 7.88. The van der Waals surface area contributed by atoms with Crippen LogP contribution in [0.4, 0.5) is 4.39 Å². The number of halogens is 1. The zero-order valence-electron chi connectivity index (χ0n) is 21.0. The molecule has 11 heteroatoms. The first-order valence-electron chi connectivity index (χ1n) is 12.2. The van der Waals surface area contributed by atoms with Crippen LogP contribution in [0.2, 0.25) is 0 Å². The first-order chi connectivity index (χ1) is 19.0. The van der Waals surface area contributed by atoms with Crippen LogP contribution in [0.1, 0.15) is 28.0 Å². The summed E-state index contributed by atoms with van der Waals surface area (Å²) in [6.45, 7) is 1.99. The van der Waals surface area contributed by atoms with E-state index in [2.05, 4.69) is 20.7 Å². The van der Waals surface area contributed by atoms with Crippen LogP contribution in [-0.4, -0.2) is 36.9 Å². The molecule has 1 unspecified atom stereocenters. The van der Waals surface area contributed by atoms with Gasteiger partial charge in [0, 0.05) is 17.0 Å². The van der Waals surface area contributed by atoms with Crippen molar-refractivity contribution in [1.82, 2.24) is 30.4 Å². The van der Waals surface area contributed by atoms with Crippen molar-refractivity contribution in [2.45, 2.75) is 32.6 Å². The van der Waals surface area contributed by atoms with E-state index in [1.54, 1.807) is 19.1 Å². The van der Waals surface area contributed by atoms with Crippen molar-refractivity contribution in [2.75, 3.05) is 0 Å². The topological polar surface area (TPSA) is 106 Å². The molecule has 3 heterocycles. The van der Waals surface area contributed by atoms with E-state index in [0.29, 0.717) is 23.6 Å². The zero-order valence-corrected chi connectivity index (χ0v) is 21.8. The molecule has 5 aromatic rings. The van der Waals surface area contributed by atoms with E-state index in [1.165, 1.54) is 40.5 Å². The van der Waals surface area contributed by atoms with E-state index in [4.69, 9.17) is 4.42 Å². The van der Waals surface area contributed by atoms with E-state index in [1.807, 2.05) is 47.8 Å². The average molecular weight is 545 g/mol. The van der Waals surface area contributed by atoms with Crippen molar-refractivity contribution < 1.29 is 18.4 Å². The second-order valence-corrected chi connectivity index (χ2v) is 9.84. The molecule has 0 bridgehead atoms. The fourth-order valence-electron chi connectivity index (χ4n) is 4.04. The molecule has 2 amide bonds. The maximum absolute atomic E-state index is 13.8. The first kappa shape index (κ1) is 26.0. The summed E-state index contributed by atoms with van der Waals surface area (Å²) in [4.78, 5) is 30.9. The lowest BCUT2D eigenvalue weighted by molar-refractivity contribution is -0.143. The number of thiophene rings is 1. The van der Waals surface area contributed by atoms with E-state index in [-0.39, 0.29) is 30.6 Å². The number of hydrogen-bond acceptors (Lipinski definition) is 7. The SMILES string of the molecule is Cc1ccc(C(C(=O)NCc2ccccc2)N(Cc2cccs2)C(=O)Cn2nnc(-c3ccc(F)cc3)n2)o1. The fourth-order valence-corrected chi connectivity index (χ4v) is 4.74. The summed E-state index contributed by atoms with van der Waals surface area (Å²) in [7, 11) is 0. The van der Waals surface area contributed by atoms with E-state index < -0.39 is 11.9 Å². The molecule has 5 rings (SSSR count). The zero-order chi connectivity index (χ0) is 27.2. The molecule has 1 N–H and O–H groups in total. The van der Waals surface area contributed by atoms with Crippen LogP contribution in [0, 0.1) is 12.7 Å². The summed E-state index contributed by atoms with van der Waals surface area (Å²) in [5.41, 5.74) is 1.49. The Morgan fingerprint density at radius 3 is 2.54 bits per heavy atom. The standard InChI is InChI=1S/C28H25FN6O3S/c1-19-9-14-24(38-19)26(28(37)30-16-20-6-3-2-4-7-20)34(17-23-8-5-15-39-23)25(36)18-35-32-27(31-33-35)21-10-12-22(29)13-11-21/h2-15,26H,16-18H2,1H3,(H,30,37). The number of aromatic nitrogens is 4. The first-order valence-corrected chi connectivity index (χ1v) is 13.1. The molecular weight excluding hydrogens is 519 g/mol. The van der Waals surface area contributed by atoms with E-state index in [9.17, 15) is 14.0 Å². The molecule has 2 aromatic carbocycles. The molecule has 1 atom stereocenters. The lowest BCUT2D eigenvalue weighted by Crippen LogP contribution is -2.44. The molecule has 0 fully saturated rings. The summed E-state index contributed by atoms with van der Waals surface area (Å²) in [6.07, 6.45) is 0. The predicted molar refractivity (Wildman–Crippen MR) is 143 cm³/mol. The molecule has 39 heavy (non-hydrogen) atoms. The van der Waals surface area contributed by atoms with E-state index in [0.717, 1.165) is 15.2 Å². The number of hydrogen-bond donors (Lipinski definition) is 1. The Morgan fingerprint density at radius 2 is 1.85 bits per heavy atom. The normalized spacial score (nSPS) is 11.7. The third kappa shape index (κ3) is 6.44. The monoisotopic (exact) mass is 544 g/mol. The lowest BCUT2D eigenvalue weighted by Gasteiger charge is -2.29. The van der Waals surface area contributed by atoms with Crippen molar-refractivity contribution in [3.05, 3.63) is 112 Å². The maximum Gasteiger partial charge on any atom is 0.251 e. The van der Waals surface area contributed by atoms with Crippen LogP contribution in [0.25, 0.3) is 11.4 Å². The van der Waals surface area contributed by atoms with Crippen molar-refractivity contribution in [1.29, 1.82) is 0 Å². The number of tetrazole rings is 1. The molecule has 0 aliphatic heterocycles. The highest BCUT2D eigenvalue weighted by Gasteiger charge is 2.34. The number of nitrogens with zero attached hydrogens (tertiary/aromatic N) is 5. The van der Waals surface area contributed by atoms with Gasteiger partial charge in [0.25, 0.3) is 5.91 Å². The number of rotatable bonds is 10. The van der Waals surface area contributed by atoms with Crippen LogP contribution >= 0.6 is 11.3 Å². The van der Waals surface area contributed by atoms with Gasteiger partial charge in [-0.1, -0.05) is 36.4 Å². The Labute approximate surface area is 227 Å². The second kappa shape index (κ2) is 11.8. The minimum absolute atomic E-state index is 0.180. The molecule has 9 nitrogen and oxygen atoms in total. The molecule has 0 saturated heterocycles. The largest absolute Gasteiger partial charge is 0.464 e. The van der Waals surface area contributed by atoms with Gasteiger partial charge >= 0.3 is 0 Å². The van der Waals surface area contributed by atoms with Gasteiger partial charge < -0.3 is 14.6 Å². The highest BCUT2D eigenvalue weighted by atomic mass is 32.1. The quantitative estimate of drug-likeness (QED) is 0.277. The third-order valence-electron chi connectivity index (χ3n) is 5.96. The van der Waals surface area contributed by atoms with Crippen LogP contribution < -0.4 is 5.32 Å². The van der Waals surface area contributed by atoms with Gasteiger partial charge in [-0.25, -0.2) is 4.39 Å². The molecular formula is C28H25FN6O3S. The summed E-state index contributed by atoms with van der Waals surface area (Å²) in [6, 6.07) is 21.4. The van der Waals surface area contributed by atoms with Crippen LogP contribution in [-0.2, 0) is 29.2 Å². The maximum atomic E-state index is 13.8. The fraction of sp³-hybridized carbons (Fsp3) is 0.179. The smallest absolute Gasteiger partial charge is 0.251 e. The molecule has 0 aliphatic carbocycles. The molecule has 0 radical (unpaired) electrons. The summed E-state index contributed by atoms with van der Waals surface area (Å²) < 4.78 is 19.2. The Balaban J connectivity index is 1.42. The average Bonchev–Trinajstić information content (AvgIpc) is 3.71. The number of benzene rings is 2. The van der Waals surface area contributed by atoms with Crippen molar-refractivity contribution in [3.63, 3.8) is 0 Å². The van der Waals surface area contributed by atoms with Crippen molar-refractivity contribution in [2.24, 2.45) is 0 Å². The summed E-state index contributed by atoms with van der Waals surface area (Å²) in [5.74, 6) is 0.0662. The highest BCUT2D eigenvalue weighted by molar-refractivity contribution is 7.09.